The van der Waals surface area contributed by atoms with E-state index in [-0.39, 0.29) is 0 Å². The molecule has 0 aliphatic heterocycles. The third kappa shape index (κ3) is 10.7. The van der Waals surface area contributed by atoms with Gasteiger partial charge in [-0.3, -0.25) is 19.2 Å². The fourth-order valence-electron chi connectivity index (χ4n) is 0.899. The Morgan fingerprint density at radius 1 is 0.950 bits per heavy atom. The van der Waals surface area contributed by atoms with Crippen molar-refractivity contribution in [3.63, 3.8) is 0 Å². The number of ether oxygens (including phenoxy) is 1. The van der Waals surface area contributed by atoms with E-state index < -0.39 is 48.3 Å². The molecule has 0 fully saturated rings. The van der Waals surface area contributed by atoms with Gasteiger partial charge in [0, 0.05) is 13.8 Å². The summed E-state index contributed by atoms with van der Waals surface area (Å²) in [5.41, 5.74) is -2.78. The van der Waals surface area contributed by atoms with E-state index in [1.807, 2.05) is 0 Å². The Balaban J connectivity index is 0. The second kappa shape index (κ2) is 8.58. The van der Waals surface area contributed by atoms with Gasteiger partial charge >= 0.3 is 23.9 Å². The second-order valence-corrected chi connectivity index (χ2v) is 3.57. The number of carbonyl (C=O) groups is 5. The van der Waals surface area contributed by atoms with E-state index in [1.165, 1.54) is 0 Å². The standard InChI is InChI=1S/C8H10O8.C2H4O2/c1-4(9)16-6(12)3-8(15,7(13)14)2-5(10)11;1-2(3)4/h15H,2-3H2,1H3,(H,10,11)(H,13,14);1H3,(H,3,4). The summed E-state index contributed by atoms with van der Waals surface area (Å²) in [6.07, 6.45) is -2.29. The molecular formula is C10H14O10. The third-order valence-electron chi connectivity index (χ3n) is 1.54. The molecule has 0 aromatic heterocycles. The van der Waals surface area contributed by atoms with E-state index in [4.69, 9.17) is 20.1 Å². The van der Waals surface area contributed by atoms with E-state index in [0.717, 1.165) is 13.8 Å². The summed E-state index contributed by atoms with van der Waals surface area (Å²) in [4.78, 5) is 51.1. The molecule has 114 valence electrons. The molecule has 1 unspecified atom stereocenters. The average Bonchev–Trinajstić information content (AvgIpc) is 2.12. The number of esters is 2. The molecule has 10 heteroatoms. The number of aliphatic hydroxyl groups is 1. The lowest BCUT2D eigenvalue weighted by Gasteiger charge is -2.19. The predicted molar refractivity (Wildman–Crippen MR) is 59.5 cm³/mol. The highest BCUT2D eigenvalue weighted by Crippen LogP contribution is 2.16. The van der Waals surface area contributed by atoms with Crippen molar-refractivity contribution in [2.24, 2.45) is 0 Å². The second-order valence-electron chi connectivity index (χ2n) is 3.57. The molecule has 0 aromatic carbocycles. The zero-order valence-corrected chi connectivity index (χ0v) is 10.7. The smallest absolute Gasteiger partial charge is 0.336 e. The number of rotatable bonds is 5. The van der Waals surface area contributed by atoms with Crippen molar-refractivity contribution in [2.45, 2.75) is 32.3 Å². The summed E-state index contributed by atoms with van der Waals surface area (Å²) >= 11 is 0. The molecule has 0 bridgehead atoms. The van der Waals surface area contributed by atoms with E-state index >= 15 is 0 Å². The topological polar surface area (TPSA) is 175 Å². The van der Waals surface area contributed by atoms with Crippen LogP contribution in [0.3, 0.4) is 0 Å². The Morgan fingerprint density at radius 2 is 1.35 bits per heavy atom. The van der Waals surface area contributed by atoms with Crippen LogP contribution in [0.1, 0.15) is 26.7 Å². The number of hydrogen-bond donors (Lipinski definition) is 4. The third-order valence-corrected chi connectivity index (χ3v) is 1.54. The number of carboxylic acid groups (broad SMARTS) is 3. The first-order valence-corrected chi connectivity index (χ1v) is 4.99. The van der Waals surface area contributed by atoms with Crippen LogP contribution < -0.4 is 0 Å². The van der Waals surface area contributed by atoms with Gasteiger partial charge in [0.2, 0.25) is 0 Å². The molecule has 0 heterocycles. The van der Waals surface area contributed by atoms with Crippen LogP contribution in [0.2, 0.25) is 0 Å². The molecule has 0 spiro atoms. The van der Waals surface area contributed by atoms with Crippen molar-refractivity contribution in [1.82, 2.24) is 0 Å². The highest BCUT2D eigenvalue weighted by atomic mass is 16.6. The van der Waals surface area contributed by atoms with Gasteiger partial charge in [-0.2, -0.15) is 0 Å². The molecule has 0 aliphatic carbocycles. The average molecular weight is 294 g/mol. The maximum Gasteiger partial charge on any atom is 0.336 e. The minimum absolute atomic E-state index is 0.833. The molecule has 0 saturated heterocycles. The molecule has 0 amide bonds. The van der Waals surface area contributed by atoms with Crippen molar-refractivity contribution in [3.8, 4) is 0 Å². The van der Waals surface area contributed by atoms with Crippen LogP contribution in [0, 0.1) is 0 Å². The Labute approximate surface area is 112 Å². The van der Waals surface area contributed by atoms with Crippen molar-refractivity contribution < 1.29 is 49.1 Å². The van der Waals surface area contributed by atoms with Gasteiger partial charge in [0.25, 0.3) is 5.97 Å². The molecule has 0 saturated carbocycles. The van der Waals surface area contributed by atoms with Crippen LogP contribution in [0.5, 0.6) is 0 Å². The summed E-state index contributed by atoms with van der Waals surface area (Å²) in [6, 6.07) is 0. The van der Waals surface area contributed by atoms with Gasteiger partial charge in [-0.25, -0.2) is 4.79 Å². The van der Waals surface area contributed by atoms with Crippen molar-refractivity contribution in [1.29, 1.82) is 0 Å². The Bertz CT molecular complexity index is 408. The zero-order valence-electron chi connectivity index (χ0n) is 10.7. The molecule has 0 aromatic rings. The normalized spacial score (nSPS) is 12.2. The minimum atomic E-state index is -2.78. The summed E-state index contributed by atoms with van der Waals surface area (Å²) in [7, 11) is 0. The number of carbonyl (C=O) groups excluding carboxylic acids is 2. The van der Waals surface area contributed by atoms with Gasteiger partial charge in [-0.15, -0.1) is 0 Å². The molecule has 20 heavy (non-hydrogen) atoms. The molecule has 10 nitrogen and oxygen atoms in total. The van der Waals surface area contributed by atoms with Crippen molar-refractivity contribution >= 4 is 29.8 Å². The molecule has 4 N–H and O–H groups in total. The lowest BCUT2D eigenvalue weighted by atomic mass is 9.96. The van der Waals surface area contributed by atoms with Gasteiger partial charge in [0.05, 0.1) is 12.8 Å². The molecule has 0 radical (unpaired) electrons. The Morgan fingerprint density at radius 3 is 1.60 bits per heavy atom. The lowest BCUT2D eigenvalue weighted by molar-refractivity contribution is -0.174. The minimum Gasteiger partial charge on any atom is -0.481 e. The van der Waals surface area contributed by atoms with Crippen LogP contribution in [0.4, 0.5) is 0 Å². The summed E-state index contributed by atoms with van der Waals surface area (Å²) in [5, 5.41) is 33.7. The number of hydrogen-bond acceptors (Lipinski definition) is 7. The van der Waals surface area contributed by atoms with Gasteiger partial charge in [-0.05, 0) is 0 Å². The highest BCUT2D eigenvalue weighted by Gasteiger charge is 2.41. The summed E-state index contributed by atoms with van der Waals surface area (Å²) < 4.78 is 3.98. The van der Waals surface area contributed by atoms with Crippen molar-refractivity contribution in [2.75, 3.05) is 0 Å². The van der Waals surface area contributed by atoms with Crippen LogP contribution in [0.15, 0.2) is 0 Å². The van der Waals surface area contributed by atoms with E-state index in [2.05, 4.69) is 4.74 Å². The van der Waals surface area contributed by atoms with Gasteiger partial charge in [0.1, 0.15) is 0 Å². The summed E-state index contributed by atoms with van der Waals surface area (Å²) in [6.45, 7) is 1.99. The number of aliphatic carboxylic acids is 3. The van der Waals surface area contributed by atoms with Gasteiger partial charge in [-0.1, -0.05) is 0 Å². The fraction of sp³-hybridized carbons (Fsp3) is 0.500. The predicted octanol–water partition coefficient (Wildman–Crippen LogP) is -1.15. The van der Waals surface area contributed by atoms with E-state index in [9.17, 15) is 24.3 Å². The molecule has 0 rings (SSSR count). The van der Waals surface area contributed by atoms with Crippen LogP contribution in [-0.4, -0.2) is 55.9 Å². The number of carboxylic acids is 3. The molecule has 0 aliphatic rings. The SMILES string of the molecule is CC(=O)O.CC(=O)OC(=O)CC(O)(CC(=O)O)C(=O)O. The van der Waals surface area contributed by atoms with Crippen LogP contribution in [0.25, 0.3) is 0 Å². The maximum atomic E-state index is 10.9. The first kappa shape index (κ1) is 19.8. The van der Waals surface area contributed by atoms with Gasteiger partial charge in [0.15, 0.2) is 5.60 Å². The first-order chi connectivity index (χ1) is 8.90. The molecular weight excluding hydrogens is 280 g/mol. The maximum absolute atomic E-state index is 10.9. The Hall–Kier alpha value is -2.49. The van der Waals surface area contributed by atoms with Gasteiger partial charge < -0.3 is 25.2 Å². The summed E-state index contributed by atoms with van der Waals surface area (Å²) in [5.74, 6) is -6.59. The van der Waals surface area contributed by atoms with Crippen LogP contribution in [-0.2, 0) is 28.7 Å². The highest BCUT2D eigenvalue weighted by molar-refractivity contribution is 5.91. The first-order valence-electron chi connectivity index (χ1n) is 4.99. The molecule has 1 atom stereocenters. The Kier molecular flexibility index (Phi) is 8.52. The monoisotopic (exact) mass is 294 g/mol. The largest absolute Gasteiger partial charge is 0.481 e. The lowest BCUT2D eigenvalue weighted by Crippen LogP contribution is -2.43. The quantitative estimate of drug-likeness (QED) is 0.357. The van der Waals surface area contributed by atoms with Crippen LogP contribution >= 0.6 is 0 Å². The zero-order chi connectivity index (χ0) is 16.5. The fourth-order valence-corrected chi connectivity index (χ4v) is 0.899. The van der Waals surface area contributed by atoms with Crippen molar-refractivity contribution in [3.05, 3.63) is 0 Å². The van der Waals surface area contributed by atoms with E-state index in [0.29, 0.717) is 0 Å². The van der Waals surface area contributed by atoms with E-state index in [1.54, 1.807) is 0 Å².